The van der Waals surface area contributed by atoms with Crippen LogP contribution in [0.2, 0.25) is 5.15 Å². The lowest BCUT2D eigenvalue weighted by Crippen LogP contribution is -2.00. The summed E-state index contributed by atoms with van der Waals surface area (Å²) in [6.07, 6.45) is 1.71. The van der Waals surface area contributed by atoms with Crippen LogP contribution >= 0.6 is 11.6 Å². The van der Waals surface area contributed by atoms with Gasteiger partial charge in [0.05, 0.1) is 17.1 Å². The maximum absolute atomic E-state index is 5.79. The van der Waals surface area contributed by atoms with E-state index in [0.29, 0.717) is 10.8 Å². The van der Waals surface area contributed by atoms with E-state index in [1.165, 1.54) is 0 Å². The van der Waals surface area contributed by atoms with Crippen molar-refractivity contribution in [3.63, 3.8) is 0 Å². The first kappa shape index (κ1) is 11.0. The van der Waals surface area contributed by atoms with Gasteiger partial charge in [-0.15, -0.1) is 0 Å². The highest BCUT2D eigenvalue weighted by Gasteiger charge is 2.08. The van der Waals surface area contributed by atoms with Crippen molar-refractivity contribution in [2.75, 3.05) is 5.73 Å². The summed E-state index contributed by atoms with van der Waals surface area (Å²) in [7, 11) is 0. The van der Waals surface area contributed by atoms with E-state index in [-0.39, 0.29) is 0 Å². The molecule has 0 radical (unpaired) electrons. The van der Waals surface area contributed by atoms with Crippen LogP contribution in [0.15, 0.2) is 18.3 Å². The van der Waals surface area contributed by atoms with Crippen LogP contribution in [0, 0.1) is 6.92 Å². The third-order valence-electron chi connectivity index (χ3n) is 2.36. The number of nitrogens with zero attached hydrogens (tertiary/aromatic N) is 3. The summed E-state index contributed by atoms with van der Waals surface area (Å²) < 4.78 is 1.92. The van der Waals surface area contributed by atoms with Crippen molar-refractivity contribution in [3.8, 4) is 11.3 Å². The number of halogens is 1. The van der Waals surface area contributed by atoms with Crippen LogP contribution in [-0.2, 0) is 6.54 Å². The van der Waals surface area contributed by atoms with Gasteiger partial charge in [0, 0.05) is 18.3 Å². The summed E-state index contributed by atoms with van der Waals surface area (Å²) in [5.41, 5.74) is 9.14. The van der Waals surface area contributed by atoms with Crippen molar-refractivity contribution in [2.24, 2.45) is 0 Å². The second-order valence-electron chi connectivity index (χ2n) is 3.59. The van der Waals surface area contributed by atoms with Crippen LogP contribution in [0.25, 0.3) is 11.3 Å². The lowest BCUT2D eigenvalue weighted by Gasteiger charge is -2.05. The highest BCUT2D eigenvalue weighted by molar-refractivity contribution is 6.31. The molecule has 0 amide bonds. The number of nitrogen functional groups attached to an aromatic ring is 1. The average Bonchev–Trinajstić information content (AvgIpc) is 2.63. The zero-order valence-electron chi connectivity index (χ0n) is 9.24. The number of pyridine rings is 1. The van der Waals surface area contributed by atoms with Gasteiger partial charge in [0.25, 0.3) is 0 Å². The van der Waals surface area contributed by atoms with E-state index < -0.39 is 0 Å². The SMILES string of the molecule is CCn1nc(C)cc1-c1cnc(Cl)c(N)c1. The zero-order chi connectivity index (χ0) is 11.7. The molecule has 0 fully saturated rings. The maximum atomic E-state index is 5.79. The number of rotatable bonds is 2. The van der Waals surface area contributed by atoms with E-state index in [1.54, 1.807) is 6.20 Å². The number of nitrogens with two attached hydrogens (primary N) is 1. The van der Waals surface area contributed by atoms with Gasteiger partial charge < -0.3 is 5.73 Å². The van der Waals surface area contributed by atoms with E-state index in [9.17, 15) is 0 Å². The smallest absolute Gasteiger partial charge is 0.151 e. The Bertz CT molecular complexity index is 519. The van der Waals surface area contributed by atoms with Gasteiger partial charge in [0.15, 0.2) is 5.15 Å². The molecular formula is C11H13ClN4. The molecule has 16 heavy (non-hydrogen) atoms. The molecule has 0 bridgehead atoms. The Morgan fingerprint density at radius 2 is 2.19 bits per heavy atom. The summed E-state index contributed by atoms with van der Waals surface area (Å²) in [4.78, 5) is 4.04. The number of hydrogen-bond acceptors (Lipinski definition) is 3. The quantitative estimate of drug-likeness (QED) is 0.816. The Balaban J connectivity index is 2.53. The van der Waals surface area contributed by atoms with E-state index in [4.69, 9.17) is 17.3 Å². The van der Waals surface area contributed by atoms with Gasteiger partial charge >= 0.3 is 0 Å². The molecule has 84 valence electrons. The average molecular weight is 237 g/mol. The molecule has 2 aromatic rings. The van der Waals surface area contributed by atoms with Crippen molar-refractivity contribution in [3.05, 3.63) is 29.2 Å². The highest BCUT2D eigenvalue weighted by Crippen LogP contribution is 2.25. The van der Waals surface area contributed by atoms with E-state index >= 15 is 0 Å². The predicted octanol–water partition coefficient (Wildman–Crippen LogP) is 2.51. The molecule has 0 aromatic carbocycles. The molecule has 2 N–H and O–H groups in total. The van der Waals surface area contributed by atoms with Crippen molar-refractivity contribution in [1.82, 2.24) is 14.8 Å². The van der Waals surface area contributed by atoms with Crippen molar-refractivity contribution >= 4 is 17.3 Å². The molecule has 5 heteroatoms. The molecule has 0 aliphatic rings. The lowest BCUT2D eigenvalue weighted by molar-refractivity contribution is 0.660. The van der Waals surface area contributed by atoms with Crippen LogP contribution in [0.1, 0.15) is 12.6 Å². The van der Waals surface area contributed by atoms with Crippen LogP contribution in [0.5, 0.6) is 0 Å². The van der Waals surface area contributed by atoms with Crippen LogP contribution in [0.3, 0.4) is 0 Å². The molecule has 0 aliphatic carbocycles. The minimum atomic E-state index is 0.336. The summed E-state index contributed by atoms with van der Waals surface area (Å²) >= 11 is 5.79. The molecule has 0 aliphatic heterocycles. The Labute approximate surface area is 99.1 Å². The number of aryl methyl sites for hydroxylation is 2. The molecule has 0 atom stereocenters. The Morgan fingerprint density at radius 3 is 2.81 bits per heavy atom. The van der Waals surface area contributed by atoms with Crippen molar-refractivity contribution < 1.29 is 0 Å². The molecule has 2 heterocycles. The zero-order valence-corrected chi connectivity index (χ0v) is 9.99. The third-order valence-corrected chi connectivity index (χ3v) is 2.68. The first-order valence-electron chi connectivity index (χ1n) is 5.07. The first-order valence-corrected chi connectivity index (χ1v) is 5.45. The molecular weight excluding hydrogens is 224 g/mol. The second-order valence-corrected chi connectivity index (χ2v) is 3.95. The summed E-state index contributed by atoms with van der Waals surface area (Å²) in [6, 6.07) is 3.83. The van der Waals surface area contributed by atoms with Gasteiger partial charge in [-0.2, -0.15) is 5.10 Å². The number of anilines is 1. The summed E-state index contributed by atoms with van der Waals surface area (Å²) in [5.74, 6) is 0. The van der Waals surface area contributed by atoms with Gasteiger partial charge in [-0.1, -0.05) is 11.6 Å². The van der Waals surface area contributed by atoms with Gasteiger partial charge in [-0.3, -0.25) is 4.68 Å². The van der Waals surface area contributed by atoms with E-state index in [0.717, 1.165) is 23.5 Å². The maximum Gasteiger partial charge on any atom is 0.151 e. The third kappa shape index (κ3) is 1.88. The summed E-state index contributed by atoms with van der Waals surface area (Å²) in [6.45, 7) is 4.82. The van der Waals surface area contributed by atoms with Crippen molar-refractivity contribution in [1.29, 1.82) is 0 Å². The second kappa shape index (κ2) is 4.14. The van der Waals surface area contributed by atoms with Crippen LogP contribution < -0.4 is 5.73 Å². The molecule has 2 aromatic heterocycles. The molecule has 0 saturated heterocycles. The monoisotopic (exact) mass is 236 g/mol. The molecule has 0 unspecified atom stereocenters. The molecule has 2 rings (SSSR count). The fourth-order valence-electron chi connectivity index (χ4n) is 1.62. The number of aromatic nitrogens is 3. The van der Waals surface area contributed by atoms with Gasteiger partial charge in [0.1, 0.15) is 0 Å². The number of hydrogen-bond donors (Lipinski definition) is 1. The Kier molecular flexibility index (Phi) is 2.83. The highest BCUT2D eigenvalue weighted by atomic mass is 35.5. The minimum absolute atomic E-state index is 0.336. The standard InChI is InChI=1S/C11H13ClN4/c1-3-16-10(4-7(2)15-16)8-5-9(13)11(12)14-6-8/h4-6H,3,13H2,1-2H3. The molecule has 4 nitrogen and oxygen atoms in total. The molecule has 0 saturated carbocycles. The Hall–Kier alpha value is -1.55. The van der Waals surface area contributed by atoms with Crippen LogP contribution in [-0.4, -0.2) is 14.8 Å². The first-order chi connectivity index (χ1) is 7.61. The van der Waals surface area contributed by atoms with E-state index in [2.05, 4.69) is 10.1 Å². The van der Waals surface area contributed by atoms with Gasteiger partial charge in [-0.25, -0.2) is 4.98 Å². The largest absolute Gasteiger partial charge is 0.396 e. The predicted molar refractivity (Wildman–Crippen MR) is 65.3 cm³/mol. The minimum Gasteiger partial charge on any atom is -0.396 e. The fourth-order valence-corrected chi connectivity index (χ4v) is 1.73. The lowest BCUT2D eigenvalue weighted by atomic mass is 10.2. The topological polar surface area (TPSA) is 56.7 Å². The molecule has 0 spiro atoms. The van der Waals surface area contributed by atoms with Gasteiger partial charge in [-0.05, 0) is 26.0 Å². The normalized spacial score (nSPS) is 10.7. The van der Waals surface area contributed by atoms with Crippen LogP contribution in [0.4, 0.5) is 5.69 Å². The summed E-state index contributed by atoms with van der Waals surface area (Å²) in [5, 5.41) is 4.71. The van der Waals surface area contributed by atoms with E-state index in [1.807, 2.05) is 30.7 Å². The Morgan fingerprint density at radius 1 is 1.44 bits per heavy atom. The van der Waals surface area contributed by atoms with Gasteiger partial charge in [0.2, 0.25) is 0 Å². The fraction of sp³-hybridized carbons (Fsp3) is 0.273. The van der Waals surface area contributed by atoms with Crippen molar-refractivity contribution in [2.45, 2.75) is 20.4 Å².